The van der Waals surface area contributed by atoms with Gasteiger partial charge >= 0.3 is 12.1 Å². The number of carbonyl (C=O) groups excluding carboxylic acids is 1. The summed E-state index contributed by atoms with van der Waals surface area (Å²) in [6.45, 7) is 1.32. The summed E-state index contributed by atoms with van der Waals surface area (Å²) < 4.78 is 73.8. The van der Waals surface area contributed by atoms with Crippen molar-refractivity contribution in [2.24, 2.45) is 0 Å². The van der Waals surface area contributed by atoms with Crippen molar-refractivity contribution < 1.29 is 31.1 Å². The first-order valence-corrected chi connectivity index (χ1v) is 4.78. The lowest BCUT2D eigenvalue weighted by Gasteiger charge is -2.18. The van der Waals surface area contributed by atoms with Gasteiger partial charge in [-0.1, -0.05) is 6.07 Å². The van der Waals surface area contributed by atoms with Crippen molar-refractivity contribution >= 4 is 5.78 Å². The van der Waals surface area contributed by atoms with Gasteiger partial charge in [0.05, 0.1) is 0 Å². The van der Waals surface area contributed by atoms with Crippen molar-refractivity contribution in [3.8, 4) is 0 Å². The summed E-state index contributed by atoms with van der Waals surface area (Å²) >= 11 is 0. The molecule has 18 heavy (non-hydrogen) atoms. The predicted octanol–water partition coefficient (Wildman–Crippen LogP) is 3.44. The largest absolute Gasteiger partial charge is 0.461 e. The van der Waals surface area contributed by atoms with Crippen molar-refractivity contribution in [2.45, 2.75) is 25.4 Å². The molecule has 0 saturated heterocycles. The van der Waals surface area contributed by atoms with E-state index in [0.29, 0.717) is 0 Å². The molecule has 100 valence electrons. The van der Waals surface area contributed by atoms with Gasteiger partial charge in [-0.25, -0.2) is 4.39 Å². The van der Waals surface area contributed by atoms with E-state index in [1.807, 2.05) is 0 Å². The standard InChI is InChI=1S/C11H8F6O/c1-6-4-8(12)3-2-7(6)5-9(18)10(13,14)11(15,16)17/h2-4H,5H2,1H3. The monoisotopic (exact) mass is 270 g/mol. The Morgan fingerprint density at radius 3 is 2.17 bits per heavy atom. The molecule has 0 heterocycles. The van der Waals surface area contributed by atoms with Gasteiger partial charge in [-0.3, -0.25) is 4.79 Å². The van der Waals surface area contributed by atoms with Gasteiger partial charge in [0.1, 0.15) is 5.82 Å². The van der Waals surface area contributed by atoms with Gasteiger partial charge in [0.25, 0.3) is 0 Å². The van der Waals surface area contributed by atoms with E-state index in [4.69, 9.17) is 0 Å². The summed E-state index contributed by atoms with van der Waals surface area (Å²) in [5, 5.41) is 0. The average molecular weight is 270 g/mol. The Morgan fingerprint density at radius 1 is 1.17 bits per heavy atom. The van der Waals surface area contributed by atoms with Crippen LogP contribution in [0.3, 0.4) is 0 Å². The van der Waals surface area contributed by atoms with Gasteiger partial charge in [-0.2, -0.15) is 22.0 Å². The second-order valence-corrected chi connectivity index (χ2v) is 3.74. The van der Waals surface area contributed by atoms with E-state index >= 15 is 0 Å². The van der Waals surface area contributed by atoms with E-state index < -0.39 is 30.1 Å². The number of rotatable bonds is 3. The van der Waals surface area contributed by atoms with Crippen LogP contribution in [0.2, 0.25) is 0 Å². The van der Waals surface area contributed by atoms with Crippen LogP contribution >= 0.6 is 0 Å². The Labute approximate surface area is 98.4 Å². The summed E-state index contributed by atoms with van der Waals surface area (Å²) in [6, 6.07) is 2.85. The van der Waals surface area contributed by atoms with Crippen LogP contribution < -0.4 is 0 Å². The second kappa shape index (κ2) is 4.62. The zero-order valence-electron chi connectivity index (χ0n) is 9.12. The number of Topliss-reactive ketones (excluding diaryl/α,β-unsaturated/α-hetero) is 1. The first kappa shape index (κ1) is 14.5. The highest BCUT2D eigenvalue weighted by atomic mass is 19.4. The van der Waals surface area contributed by atoms with Crippen molar-refractivity contribution in [3.63, 3.8) is 0 Å². The normalized spacial score (nSPS) is 12.6. The van der Waals surface area contributed by atoms with Crippen LogP contribution in [-0.2, 0) is 11.2 Å². The number of hydrogen-bond donors (Lipinski definition) is 0. The summed E-state index contributed by atoms with van der Waals surface area (Å²) in [7, 11) is 0. The molecule has 0 aromatic heterocycles. The molecule has 0 aliphatic heterocycles. The van der Waals surface area contributed by atoms with Crippen LogP contribution in [0.5, 0.6) is 0 Å². The minimum absolute atomic E-state index is 0.0645. The Bertz CT molecular complexity index is 463. The maximum absolute atomic E-state index is 12.7. The number of benzene rings is 1. The molecule has 0 radical (unpaired) electrons. The number of ketones is 1. The van der Waals surface area contributed by atoms with Crippen LogP contribution in [0, 0.1) is 12.7 Å². The lowest BCUT2D eigenvalue weighted by atomic mass is 10.00. The number of hydrogen-bond acceptors (Lipinski definition) is 1. The van der Waals surface area contributed by atoms with E-state index in [1.54, 1.807) is 0 Å². The first-order valence-electron chi connectivity index (χ1n) is 4.78. The summed E-state index contributed by atoms with van der Waals surface area (Å²) in [5.41, 5.74) is 0.0756. The van der Waals surface area contributed by atoms with Crippen molar-refractivity contribution in [1.82, 2.24) is 0 Å². The third-order valence-corrected chi connectivity index (χ3v) is 2.36. The van der Waals surface area contributed by atoms with E-state index in [0.717, 1.165) is 18.2 Å². The Balaban J connectivity index is 2.95. The topological polar surface area (TPSA) is 17.1 Å². The van der Waals surface area contributed by atoms with Gasteiger partial charge in [-0.05, 0) is 30.2 Å². The molecule has 1 aromatic rings. The minimum Gasteiger partial charge on any atom is -0.292 e. The molecule has 0 aliphatic carbocycles. The SMILES string of the molecule is Cc1cc(F)ccc1CC(=O)C(F)(F)C(F)(F)F. The van der Waals surface area contributed by atoms with Crippen LogP contribution in [0.4, 0.5) is 26.3 Å². The molecule has 0 atom stereocenters. The fourth-order valence-corrected chi connectivity index (χ4v) is 1.30. The van der Waals surface area contributed by atoms with Gasteiger partial charge in [0.2, 0.25) is 5.78 Å². The third-order valence-electron chi connectivity index (χ3n) is 2.36. The predicted molar refractivity (Wildman–Crippen MR) is 50.9 cm³/mol. The maximum Gasteiger partial charge on any atom is 0.461 e. The molecule has 1 aromatic carbocycles. The molecule has 0 fully saturated rings. The minimum atomic E-state index is -5.92. The molecule has 1 nitrogen and oxygen atoms in total. The Hall–Kier alpha value is -1.53. The highest BCUT2D eigenvalue weighted by molar-refractivity contribution is 5.88. The molecule has 1 rings (SSSR count). The molecule has 0 N–H and O–H groups in total. The zero-order chi connectivity index (χ0) is 14.1. The van der Waals surface area contributed by atoms with Crippen molar-refractivity contribution in [1.29, 1.82) is 0 Å². The second-order valence-electron chi connectivity index (χ2n) is 3.74. The van der Waals surface area contributed by atoms with Crippen LogP contribution in [0.15, 0.2) is 18.2 Å². The average Bonchev–Trinajstić information content (AvgIpc) is 2.20. The molecule has 0 amide bonds. The lowest BCUT2D eigenvalue weighted by molar-refractivity contribution is -0.268. The molecule has 0 unspecified atom stereocenters. The quantitative estimate of drug-likeness (QED) is 0.769. The van der Waals surface area contributed by atoms with Crippen LogP contribution in [-0.4, -0.2) is 17.9 Å². The van der Waals surface area contributed by atoms with Crippen LogP contribution in [0.25, 0.3) is 0 Å². The van der Waals surface area contributed by atoms with Gasteiger partial charge < -0.3 is 0 Å². The van der Waals surface area contributed by atoms with E-state index in [2.05, 4.69) is 0 Å². The fraction of sp³-hybridized carbons (Fsp3) is 0.364. The molecule has 0 saturated carbocycles. The van der Waals surface area contributed by atoms with E-state index in [9.17, 15) is 31.1 Å². The van der Waals surface area contributed by atoms with Gasteiger partial charge in [0, 0.05) is 6.42 Å². The van der Waals surface area contributed by atoms with Crippen LogP contribution in [0.1, 0.15) is 11.1 Å². The van der Waals surface area contributed by atoms with E-state index in [1.165, 1.54) is 6.92 Å². The first-order chi connectivity index (χ1) is 8.05. The Morgan fingerprint density at radius 2 is 1.72 bits per heavy atom. The smallest absolute Gasteiger partial charge is 0.292 e. The molecule has 0 bridgehead atoms. The number of alkyl halides is 5. The molecule has 7 heteroatoms. The van der Waals surface area contributed by atoms with Crippen molar-refractivity contribution in [3.05, 3.63) is 35.1 Å². The number of aryl methyl sites for hydroxylation is 1. The summed E-state index contributed by atoms with van der Waals surface area (Å²) in [4.78, 5) is 11.0. The van der Waals surface area contributed by atoms with E-state index in [-0.39, 0.29) is 11.1 Å². The molecular weight excluding hydrogens is 262 g/mol. The number of halogens is 6. The molecular formula is C11H8F6O. The zero-order valence-corrected chi connectivity index (χ0v) is 9.12. The van der Waals surface area contributed by atoms with Gasteiger partial charge in [-0.15, -0.1) is 0 Å². The highest BCUT2D eigenvalue weighted by Gasteiger charge is 2.62. The number of carbonyl (C=O) groups is 1. The third kappa shape index (κ3) is 2.83. The summed E-state index contributed by atoms with van der Waals surface area (Å²) in [5.74, 6) is -8.32. The maximum atomic E-state index is 12.7. The molecule has 0 aliphatic rings. The van der Waals surface area contributed by atoms with Gasteiger partial charge in [0.15, 0.2) is 0 Å². The summed E-state index contributed by atoms with van der Waals surface area (Å²) in [6.07, 6.45) is -7.02. The van der Waals surface area contributed by atoms with Crippen molar-refractivity contribution in [2.75, 3.05) is 0 Å². The Kier molecular flexibility index (Phi) is 3.73. The lowest BCUT2D eigenvalue weighted by Crippen LogP contribution is -2.44. The highest BCUT2D eigenvalue weighted by Crippen LogP contribution is 2.37. The fourth-order valence-electron chi connectivity index (χ4n) is 1.30. The molecule has 0 spiro atoms.